The van der Waals surface area contributed by atoms with Gasteiger partial charge in [-0.2, -0.15) is 13.5 Å². The first-order chi connectivity index (χ1) is 11.5. The van der Waals surface area contributed by atoms with Gasteiger partial charge in [0.15, 0.2) is 0 Å². The first-order valence-corrected chi connectivity index (χ1v) is 8.57. The van der Waals surface area contributed by atoms with Gasteiger partial charge in [0.2, 0.25) is 0 Å². The lowest BCUT2D eigenvalue weighted by Gasteiger charge is -2.07. The largest absolute Gasteiger partial charge is 0.497 e. The normalized spacial score (nSPS) is 11.2. The fourth-order valence-electron chi connectivity index (χ4n) is 2.22. The smallest absolute Gasteiger partial charge is 0.429 e. The first kappa shape index (κ1) is 16.1. The number of para-hydroxylation sites is 1. The second kappa shape index (κ2) is 6.37. The highest BCUT2D eigenvalue weighted by atomic mass is 32.2. The molecule has 0 amide bonds. The van der Waals surface area contributed by atoms with Gasteiger partial charge in [-0.1, -0.05) is 18.2 Å². The number of nitrogens with zero attached hydrogens (tertiary/aromatic N) is 2. The third kappa shape index (κ3) is 3.26. The number of rotatable bonds is 5. The third-order valence-corrected chi connectivity index (χ3v) is 4.58. The monoisotopic (exact) mass is 344 g/mol. The minimum absolute atomic E-state index is 0.235. The van der Waals surface area contributed by atoms with Crippen LogP contribution in [-0.2, 0) is 10.3 Å². The lowest BCUT2D eigenvalue weighted by atomic mass is 10.1. The van der Waals surface area contributed by atoms with E-state index in [1.165, 1.54) is 0 Å². The van der Waals surface area contributed by atoms with Crippen molar-refractivity contribution in [3.63, 3.8) is 0 Å². The number of hydrogen-bond acceptors (Lipinski definition) is 5. The number of hydrogen-bond donors (Lipinski definition) is 0. The maximum Gasteiger partial charge on any atom is 0.429 e. The zero-order chi connectivity index (χ0) is 17.2. The quantitative estimate of drug-likeness (QED) is 0.711. The Kier molecular flexibility index (Phi) is 4.26. The molecule has 0 bridgehead atoms. The van der Waals surface area contributed by atoms with E-state index >= 15 is 0 Å². The summed E-state index contributed by atoms with van der Waals surface area (Å²) in [5, 5.41) is 4.17. The number of aryl methyl sites for hydroxylation is 1. The molecule has 0 saturated carbocycles. The molecule has 7 heteroatoms. The predicted molar refractivity (Wildman–Crippen MR) is 90.3 cm³/mol. The molecule has 0 aliphatic carbocycles. The average molecular weight is 344 g/mol. The molecule has 124 valence electrons. The van der Waals surface area contributed by atoms with Crippen LogP contribution in [0.2, 0.25) is 0 Å². The van der Waals surface area contributed by atoms with Gasteiger partial charge in [-0.3, -0.25) is 0 Å². The molecule has 0 fully saturated rings. The molecule has 1 aromatic heterocycles. The Morgan fingerprint density at radius 1 is 0.958 bits per heavy atom. The Bertz CT molecular complexity index is 932. The number of ether oxygens (including phenoxy) is 1. The van der Waals surface area contributed by atoms with Crippen LogP contribution >= 0.6 is 0 Å². The molecule has 6 nitrogen and oxygen atoms in total. The molecule has 2 aromatic carbocycles. The molecule has 0 spiro atoms. The Labute approximate surface area is 140 Å². The standard InChI is InChI=1S/C17H16N2O4S/c1-13-12-17(14-8-10-15(22-2)11-9-14)18-19(13)24(20,21)23-16-6-4-3-5-7-16/h3-12H,1-2H3. The van der Waals surface area contributed by atoms with Crippen LogP contribution in [0.4, 0.5) is 0 Å². The van der Waals surface area contributed by atoms with Crippen LogP contribution in [0.1, 0.15) is 5.69 Å². The summed E-state index contributed by atoms with van der Waals surface area (Å²) in [6.45, 7) is 1.66. The van der Waals surface area contributed by atoms with E-state index in [-0.39, 0.29) is 5.75 Å². The maximum atomic E-state index is 12.4. The van der Waals surface area contributed by atoms with Crippen molar-refractivity contribution < 1.29 is 17.3 Å². The van der Waals surface area contributed by atoms with E-state index < -0.39 is 10.3 Å². The number of methoxy groups -OCH3 is 1. The first-order valence-electron chi connectivity index (χ1n) is 7.21. The summed E-state index contributed by atoms with van der Waals surface area (Å²) in [6, 6.07) is 17.2. The summed E-state index contributed by atoms with van der Waals surface area (Å²) in [5.41, 5.74) is 1.78. The van der Waals surface area contributed by atoms with Crippen LogP contribution in [0.15, 0.2) is 60.7 Å². The molecule has 1 heterocycles. The molecule has 0 atom stereocenters. The van der Waals surface area contributed by atoms with E-state index in [1.54, 1.807) is 62.6 Å². The van der Waals surface area contributed by atoms with E-state index in [4.69, 9.17) is 8.92 Å². The second-order valence-corrected chi connectivity index (χ2v) is 6.46. The molecule has 0 aliphatic heterocycles. The van der Waals surface area contributed by atoms with E-state index in [2.05, 4.69) is 5.10 Å². The summed E-state index contributed by atoms with van der Waals surface area (Å²) in [7, 11) is -2.48. The molecule has 3 rings (SSSR count). The van der Waals surface area contributed by atoms with Crippen molar-refractivity contribution in [3.8, 4) is 22.8 Å². The molecule has 0 saturated heterocycles. The Morgan fingerprint density at radius 2 is 1.62 bits per heavy atom. The molecule has 0 N–H and O–H groups in total. The van der Waals surface area contributed by atoms with Crippen molar-refractivity contribution >= 4 is 10.3 Å². The third-order valence-electron chi connectivity index (χ3n) is 3.39. The molecule has 0 unspecified atom stereocenters. The van der Waals surface area contributed by atoms with Crippen LogP contribution < -0.4 is 8.92 Å². The fourth-order valence-corrected chi connectivity index (χ4v) is 3.24. The highest BCUT2D eigenvalue weighted by Crippen LogP contribution is 2.23. The van der Waals surface area contributed by atoms with Gasteiger partial charge in [-0.25, -0.2) is 0 Å². The van der Waals surface area contributed by atoms with E-state index in [9.17, 15) is 8.42 Å². The molecule has 24 heavy (non-hydrogen) atoms. The van der Waals surface area contributed by atoms with Gasteiger partial charge in [0, 0.05) is 5.56 Å². The van der Waals surface area contributed by atoms with Crippen molar-refractivity contribution in [2.24, 2.45) is 0 Å². The predicted octanol–water partition coefficient (Wildman–Crippen LogP) is 3.04. The number of benzene rings is 2. The fraction of sp³-hybridized carbons (Fsp3) is 0.118. The SMILES string of the molecule is COc1ccc(-c2cc(C)n(S(=O)(=O)Oc3ccccc3)n2)cc1. The van der Waals surface area contributed by atoms with Crippen molar-refractivity contribution in [1.29, 1.82) is 0 Å². The summed E-state index contributed by atoms with van der Waals surface area (Å²) in [5.74, 6) is 0.952. The molecule has 0 aliphatic rings. The van der Waals surface area contributed by atoms with Gasteiger partial charge in [-0.05, 0) is 49.4 Å². The van der Waals surface area contributed by atoms with Crippen molar-refractivity contribution in [1.82, 2.24) is 9.19 Å². The zero-order valence-corrected chi connectivity index (χ0v) is 14.0. The maximum absolute atomic E-state index is 12.4. The Morgan fingerprint density at radius 3 is 2.25 bits per heavy atom. The second-order valence-electron chi connectivity index (χ2n) is 5.10. The van der Waals surface area contributed by atoms with Gasteiger partial charge in [0.1, 0.15) is 11.5 Å². The van der Waals surface area contributed by atoms with Crippen molar-refractivity contribution in [3.05, 3.63) is 66.4 Å². The minimum atomic E-state index is -4.06. The average Bonchev–Trinajstić information content (AvgIpc) is 2.98. The van der Waals surface area contributed by atoms with Crippen LogP contribution in [-0.4, -0.2) is 24.7 Å². The van der Waals surface area contributed by atoms with Gasteiger partial charge < -0.3 is 8.92 Å². The lowest BCUT2D eigenvalue weighted by molar-refractivity contribution is 0.415. The summed E-state index contributed by atoms with van der Waals surface area (Å²) in [4.78, 5) is 0. The highest BCUT2D eigenvalue weighted by Gasteiger charge is 2.21. The van der Waals surface area contributed by atoms with Gasteiger partial charge in [-0.15, -0.1) is 4.09 Å². The van der Waals surface area contributed by atoms with Crippen molar-refractivity contribution in [2.45, 2.75) is 6.92 Å². The topological polar surface area (TPSA) is 70.4 Å². The van der Waals surface area contributed by atoms with Gasteiger partial charge in [0.05, 0.1) is 18.5 Å². The summed E-state index contributed by atoms with van der Waals surface area (Å²) >= 11 is 0. The zero-order valence-electron chi connectivity index (χ0n) is 13.2. The van der Waals surface area contributed by atoms with Crippen LogP contribution in [0.3, 0.4) is 0 Å². The molecular weight excluding hydrogens is 328 g/mol. The minimum Gasteiger partial charge on any atom is -0.497 e. The summed E-state index contributed by atoms with van der Waals surface area (Å²) in [6.07, 6.45) is 0. The number of aromatic nitrogens is 2. The Balaban J connectivity index is 1.93. The van der Waals surface area contributed by atoms with E-state index in [0.29, 0.717) is 11.4 Å². The molecule has 3 aromatic rings. The summed E-state index contributed by atoms with van der Waals surface area (Å²) < 4.78 is 36.0. The van der Waals surface area contributed by atoms with Crippen LogP contribution in [0.5, 0.6) is 11.5 Å². The van der Waals surface area contributed by atoms with E-state index in [1.807, 2.05) is 12.1 Å². The van der Waals surface area contributed by atoms with Gasteiger partial charge in [0.25, 0.3) is 0 Å². The lowest BCUT2D eigenvalue weighted by Crippen LogP contribution is -2.21. The molecular formula is C17H16N2O4S. The van der Waals surface area contributed by atoms with Gasteiger partial charge >= 0.3 is 10.3 Å². The van der Waals surface area contributed by atoms with E-state index in [0.717, 1.165) is 15.4 Å². The highest BCUT2D eigenvalue weighted by molar-refractivity contribution is 7.85. The van der Waals surface area contributed by atoms with Crippen LogP contribution in [0, 0.1) is 6.92 Å². The van der Waals surface area contributed by atoms with Crippen LogP contribution in [0.25, 0.3) is 11.3 Å². The van der Waals surface area contributed by atoms with Crippen molar-refractivity contribution in [2.75, 3.05) is 7.11 Å². The Hall–Kier alpha value is -2.80. The molecule has 0 radical (unpaired) electrons.